The predicted octanol–water partition coefficient (Wildman–Crippen LogP) is 3.61. The fourth-order valence-electron chi connectivity index (χ4n) is 2.77. The number of nitrogens with one attached hydrogen (secondary N) is 2. The number of benzene rings is 2. The Morgan fingerprint density at radius 3 is 2.38 bits per heavy atom. The zero-order chi connectivity index (χ0) is 21.0. The zero-order valence-corrected chi connectivity index (χ0v) is 17.0. The number of ether oxygens (including phenoxy) is 1. The number of carbonyl (C=O) groups is 1. The summed E-state index contributed by atoms with van der Waals surface area (Å²) in [5.41, 5.74) is 1.44. The van der Waals surface area contributed by atoms with Gasteiger partial charge in [0, 0.05) is 0 Å². The van der Waals surface area contributed by atoms with Gasteiger partial charge in [-0.25, -0.2) is 8.42 Å². The first kappa shape index (κ1) is 20.4. The largest absolute Gasteiger partial charge is 0.497 e. The predicted molar refractivity (Wildman–Crippen MR) is 109 cm³/mol. The standard InChI is InChI=1S/C20H21N3O5S/c1-4-16-19(13(2)28-22-16)20(24)21-17-7-5-6-8-18(17)23-29(25,26)15-11-9-14(27-3)10-12-15/h5-12,23H,4H2,1-3H3,(H,21,24). The van der Waals surface area contributed by atoms with E-state index >= 15 is 0 Å². The Hall–Kier alpha value is -3.33. The number of nitrogens with zero attached hydrogens (tertiary/aromatic N) is 1. The SMILES string of the molecule is CCc1noc(C)c1C(=O)Nc1ccccc1NS(=O)(=O)c1ccc(OC)cc1. The molecule has 152 valence electrons. The van der Waals surface area contributed by atoms with E-state index < -0.39 is 15.9 Å². The number of aromatic nitrogens is 1. The molecule has 0 atom stereocenters. The van der Waals surface area contributed by atoms with Crippen LogP contribution in [0.5, 0.6) is 5.75 Å². The van der Waals surface area contributed by atoms with Crippen molar-refractivity contribution in [2.24, 2.45) is 0 Å². The quantitative estimate of drug-likeness (QED) is 0.610. The molecule has 9 heteroatoms. The van der Waals surface area contributed by atoms with Gasteiger partial charge in [0.25, 0.3) is 15.9 Å². The van der Waals surface area contributed by atoms with Gasteiger partial charge >= 0.3 is 0 Å². The van der Waals surface area contributed by atoms with Crippen molar-refractivity contribution in [2.45, 2.75) is 25.2 Å². The molecule has 1 amide bonds. The summed E-state index contributed by atoms with van der Waals surface area (Å²) in [4.78, 5) is 12.8. The summed E-state index contributed by atoms with van der Waals surface area (Å²) in [5, 5.41) is 6.61. The molecule has 1 heterocycles. The van der Waals surface area contributed by atoms with E-state index in [0.29, 0.717) is 34.9 Å². The first-order valence-corrected chi connectivity index (χ1v) is 10.4. The number of methoxy groups -OCH3 is 1. The second-order valence-corrected chi connectivity index (χ2v) is 7.88. The number of aryl methyl sites for hydroxylation is 2. The fourth-order valence-corrected chi connectivity index (χ4v) is 3.85. The molecule has 8 nitrogen and oxygen atoms in total. The Morgan fingerprint density at radius 2 is 1.76 bits per heavy atom. The Labute approximate surface area is 168 Å². The third kappa shape index (κ3) is 4.40. The number of rotatable bonds is 7. The minimum absolute atomic E-state index is 0.0718. The highest BCUT2D eigenvalue weighted by atomic mass is 32.2. The lowest BCUT2D eigenvalue weighted by molar-refractivity contribution is 0.102. The van der Waals surface area contributed by atoms with Crippen molar-refractivity contribution in [3.63, 3.8) is 0 Å². The highest BCUT2D eigenvalue weighted by molar-refractivity contribution is 7.92. The fraction of sp³-hybridized carbons (Fsp3) is 0.200. The van der Waals surface area contributed by atoms with Crippen molar-refractivity contribution < 1.29 is 22.5 Å². The summed E-state index contributed by atoms with van der Waals surface area (Å²) in [6.07, 6.45) is 0.534. The number of sulfonamides is 1. The summed E-state index contributed by atoms with van der Waals surface area (Å²) >= 11 is 0. The average Bonchev–Trinajstić information content (AvgIpc) is 3.10. The van der Waals surface area contributed by atoms with Crippen LogP contribution in [0, 0.1) is 6.92 Å². The van der Waals surface area contributed by atoms with Crippen molar-refractivity contribution in [2.75, 3.05) is 17.1 Å². The van der Waals surface area contributed by atoms with Gasteiger partial charge in [-0.2, -0.15) is 0 Å². The van der Waals surface area contributed by atoms with E-state index in [9.17, 15) is 13.2 Å². The van der Waals surface area contributed by atoms with E-state index in [2.05, 4.69) is 15.2 Å². The molecule has 2 aromatic carbocycles. The van der Waals surface area contributed by atoms with Gasteiger partial charge in [0.15, 0.2) is 0 Å². The first-order valence-electron chi connectivity index (χ1n) is 8.88. The molecule has 2 N–H and O–H groups in total. The van der Waals surface area contributed by atoms with Crippen LogP contribution in [0.25, 0.3) is 0 Å². The van der Waals surface area contributed by atoms with Crippen LogP contribution >= 0.6 is 0 Å². The van der Waals surface area contributed by atoms with Gasteiger partial charge in [0.2, 0.25) is 0 Å². The molecule has 0 bridgehead atoms. The van der Waals surface area contributed by atoms with Crippen LogP contribution in [0.4, 0.5) is 11.4 Å². The Morgan fingerprint density at radius 1 is 1.10 bits per heavy atom. The highest BCUT2D eigenvalue weighted by Crippen LogP contribution is 2.26. The third-order valence-electron chi connectivity index (χ3n) is 4.28. The minimum atomic E-state index is -3.86. The average molecular weight is 415 g/mol. The van der Waals surface area contributed by atoms with Crippen LogP contribution in [-0.4, -0.2) is 26.6 Å². The lowest BCUT2D eigenvalue weighted by atomic mass is 10.1. The maximum absolute atomic E-state index is 12.7. The van der Waals surface area contributed by atoms with E-state index in [0.717, 1.165) is 0 Å². The van der Waals surface area contributed by atoms with E-state index in [1.165, 1.54) is 19.2 Å². The Kier molecular flexibility index (Phi) is 5.88. The Bertz CT molecular complexity index is 1120. The first-order chi connectivity index (χ1) is 13.9. The van der Waals surface area contributed by atoms with E-state index in [1.54, 1.807) is 43.3 Å². The molecule has 1 aromatic heterocycles. The number of amides is 1. The van der Waals surface area contributed by atoms with Crippen molar-refractivity contribution in [1.29, 1.82) is 0 Å². The lowest BCUT2D eigenvalue weighted by Crippen LogP contribution is -2.18. The highest BCUT2D eigenvalue weighted by Gasteiger charge is 2.21. The normalized spacial score (nSPS) is 11.1. The number of anilines is 2. The molecule has 0 spiro atoms. The Balaban J connectivity index is 1.87. The van der Waals surface area contributed by atoms with E-state index in [1.807, 2.05) is 6.92 Å². The van der Waals surface area contributed by atoms with Crippen molar-refractivity contribution in [3.05, 3.63) is 65.5 Å². The second kappa shape index (κ2) is 8.36. The second-order valence-electron chi connectivity index (χ2n) is 6.19. The van der Waals surface area contributed by atoms with Crippen molar-refractivity contribution >= 4 is 27.3 Å². The molecule has 0 unspecified atom stereocenters. The summed E-state index contributed by atoms with van der Waals surface area (Å²) < 4.78 is 38.1. The molecule has 0 saturated carbocycles. The molecule has 0 radical (unpaired) electrons. The van der Waals surface area contributed by atoms with Gasteiger partial charge in [-0.3, -0.25) is 9.52 Å². The van der Waals surface area contributed by atoms with Gasteiger partial charge in [-0.15, -0.1) is 0 Å². The van der Waals surface area contributed by atoms with Crippen LogP contribution < -0.4 is 14.8 Å². The molecule has 29 heavy (non-hydrogen) atoms. The molecule has 0 aliphatic heterocycles. The molecule has 0 aliphatic rings. The maximum atomic E-state index is 12.7. The monoisotopic (exact) mass is 415 g/mol. The van der Waals surface area contributed by atoms with Crippen molar-refractivity contribution in [3.8, 4) is 5.75 Å². The molecule has 3 rings (SSSR count). The maximum Gasteiger partial charge on any atom is 0.261 e. The van der Waals surface area contributed by atoms with Crippen LogP contribution in [0.15, 0.2) is 57.9 Å². The molecule has 0 fully saturated rings. The van der Waals surface area contributed by atoms with Gasteiger partial charge in [-0.05, 0) is 49.7 Å². The van der Waals surface area contributed by atoms with E-state index in [4.69, 9.17) is 9.26 Å². The number of para-hydroxylation sites is 2. The smallest absolute Gasteiger partial charge is 0.261 e. The van der Waals surface area contributed by atoms with Gasteiger partial charge in [0.05, 0.1) is 29.1 Å². The molecule has 3 aromatic rings. The molecular weight excluding hydrogens is 394 g/mol. The molecule has 0 saturated heterocycles. The zero-order valence-electron chi connectivity index (χ0n) is 16.2. The van der Waals surface area contributed by atoms with Gasteiger partial charge in [0.1, 0.15) is 17.1 Å². The topological polar surface area (TPSA) is 111 Å². The van der Waals surface area contributed by atoms with Crippen LogP contribution in [-0.2, 0) is 16.4 Å². The summed E-state index contributed by atoms with van der Waals surface area (Å²) in [5.74, 6) is 0.528. The number of hydrogen-bond donors (Lipinski definition) is 2. The van der Waals surface area contributed by atoms with Gasteiger partial charge in [-0.1, -0.05) is 24.2 Å². The lowest BCUT2D eigenvalue weighted by Gasteiger charge is -2.14. The van der Waals surface area contributed by atoms with Gasteiger partial charge < -0.3 is 14.6 Å². The van der Waals surface area contributed by atoms with Crippen LogP contribution in [0.3, 0.4) is 0 Å². The van der Waals surface area contributed by atoms with Crippen LogP contribution in [0.1, 0.15) is 28.7 Å². The summed E-state index contributed by atoms with van der Waals surface area (Å²) in [7, 11) is -2.36. The molecule has 0 aliphatic carbocycles. The van der Waals surface area contributed by atoms with Crippen molar-refractivity contribution in [1.82, 2.24) is 5.16 Å². The van der Waals surface area contributed by atoms with Crippen LogP contribution in [0.2, 0.25) is 0 Å². The summed E-state index contributed by atoms with van der Waals surface area (Å²) in [6.45, 7) is 3.52. The number of carbonyl (C=O) groups excluding carboxylic acids is 1. The number of hydrogen-bond acceptors (Lipinski definition) is 6. The molecular formula is C20H21N3O5S. The minimum Gasteiger partial charge on any atom is -0.497 e. The summed E-state index contributed by atoms with van der Waals surface area (Å²) in [6, 6.07) is 12.5. The van der Waals surface area contributed by atoms with E-state index in [-0.39, 0.29) is 10.6 Å². The third-order valence-corrected chi connectivity index (χ3v) is 5.67.